The van der Waals surface area contributed by atoms with Crippen LogP contribution in [0.4, 0.5) is 5.69 Å². The van der Waals surface area contributed by atoms with E-state index in [1.54, 1.807) is 6.20 Å². The van der Waals surface area contributed by atoms with Crippen molar-refractivity contribution >= 4 is 22.6 Å². The molecule has 2 aromatic heterocycles. The van der Waals surface area contributed by atoms with Crippen LogP contribution in [0.1, 0.15) is 18.4 Å². The number of fused-ring (bicyclic) bond motifs is 1. The van der Waals surface area contributed by atoms with Crippen LogP contribution in [0.15, 0.2) is 59.4 Å². The molecule has 1 amide bonds. The molecule has 0 aliphatic carbocycles. The van der Waals surface area contributed by atoms with E-state index in [1.165, 1.54) is 0 Å². The third kappa shape index (κ3) is 3.81. The molecule has 0 saturated carbocycles. The number of carbonyl (C=O) groups excluding carboxylic acids is 1. The van der Waals surface area contributed by atoms with E-state index in [1.807, 2.05) is 48.5 Å². The molecule has 8 heteroatoms. The van der Waals surface area contributed by atoms with Gasteiger partial charge in [-0.1, -0.05) is 24.3 Å². The molecule has 152 valence electrons. The van der Waals surface area contributed by atoms with Gasteiger partial charge in [-0.15, -0.1) is 0 Å². The van der Waals surface area contributed by atoms with Crippen LogP contribution in [0, 0.1) is 5.92 Å². The molecule has 1 saturated heterocycles. The van der Waals surface area contributed by atoms with E-state index >= 15 is 0 Å². The Hall–Kier alpha value is -3.52. The maximum atomic E-state index is 12.9. The zero-order valence-corrected chi connectivity index (χ0v) is 16.4. The number of H-pyrrole nitrogens is 1. The Balaban J connectivity index is 1.22. The minimum Gasteiger partial charge on any atom is -0.326 e. The van der Waals surface area contributed by atoms with Crippen molar-refractivity contribution in [2.45, 2.75) is 19.4 Å². The van der Waals surface area contributed by atoms with Crippen molar-refractivity contribution in [3.05, 3.63) is 60.3 Å². The Morgan fingerprint density at radius 3 is 2.90 bits per heavy atom. The fourth-order valence-corrected chi connectivity index (χ4v) is 4.04. The number of rotatable bonds is 5. The van der Waals surface area contributed by atoms with Gasteiger partial charge in [-0.05, 0) is 65.1 Å². The summed E-state index contributed by atoms with van der Waals surface area (Å²) in [6, 6.07) is 15.6. The summed E-state index contributed by atoms with van der Waals surface area (Å²) in [5.74, 6) is 0.0240. The number of hydrogen-bond donors (Lipinski definition) is 2. The van der Waals surface area contributed by atoms with Gasteiger partial charge in [0.05, 0.1) is 11.6 Å². The summed E-state index contributed by atoms with van der Waals surface area (Å²) in [6.07, 6.45) is 3.60. The zero-order valence-electron chi connectivity index (χ0n) is 16.4. The molecule has 1 aliphatic heterocycles. The van der Waals surface area contributed by atoms with Gasteiger partial charge < -0.3 is 5.32 Å². The number of nitrogens with one attached hydrogen (secondary N) is 2. The van der Waals surface area contributed by atoms with Crippen LogP contribution in [0.5, 0.6) is 0 Å². The summed E-state index contributed by atoms with van der Waals surface area (Å²) in [4.78, 5) is 15.2. The van der Waals surface area contributed by atoms with Gasteiger partial charge in [0.15, 0.2) is 0 Å². The van der Waals surface area contributed by atoms with Gasteiger partial charge in [0.1, 0.15) is 11.0 Å². The number of amides is 1. The van der Waals surface area contributed by atoms with Crippen molar-refractivity contribution in [1.82, 2.24) is 25.4 Å². The summed E-state index contributed by atoms with van der Waals surface area (Å²) in [5.41, 5.74) is 5.42. The quantitative estimate of drug-likeness (QED) is 0.530. The Morgan fingerprint density at radius 1 is 1.17 bits per heavy atom. The van der Waals surface area contributed by atoms with Crippen LogP contribution in [0.3, 0.4) is 0 Å². The standard InChI is InChI=1S/C22H22N6O2/c29-22(24-18-8-6-15(7-9-18)19-10-11-23-25-19)17-4-2-12-28(14-17)13-16-3-1-5-20-21(16)27-30-26-20/h1,3,5-11,17H,2,4,12-14H2,(H,23,25)(H,24,29)/t17-/m1/s1. The van der Waals surface area contributed by atoms with Crippen molar-refractivity contribution < 1.29 is 9.42 Å². The number of anilines is 1. The van der Waals surface area contributed by atoms with Crippen molar-refractivity contribution in [1.29, 1.82) is 0 Å². The monoisotopic (exact) mass is 402 g/mol. The molecule has 30 heavy (non-hydrogen) atoms. The highest BCUT2D eigenvalue weighted by molar-refractivity contribution is 5.93. The van der Waals surface area contributed by atoms with Gasteiger partial charge in [0.25, 0.3) is 0 Å². The lowest BCUT2D eigenvalue weighted by atomic mass is 9.96. The molecule has 2 aromatic carbocycles. The molecule has 1 atom stereocenters. The number of carbonyl (C=O) groups is 1. The highest BCUT2D eigenvalue weighted by Gasteiger charge is 2.26. The van der Waals surface area contributed by atoms with E-state index in [4.69, 9.17) is 4.63 Å². The number of hydrogen-bond acceptors (Lipinski definition) is 6. The second kappa shape index (κ2) is 8.08. The van der Waals surface area contributed by atoms with Crippen LogP contribution in [-0.2, 0) is 11.3 Å². The lowest BCUT2D eigenvalue weighted by molar-refractivity contribution is -0.121. The van der Waals surface area contributed by atoms with Crippen LogP contribution in [-0.4, -0.2) is 44.4 Å². The normalized spacial score (nSPS) is 17.3. The number of nitrogens with zero attached hydrogens (tertiary/aromatic N) is 4. The van der Waals surface area contributed by atoms with E-state index in [9.17, 15) is 4.79 Å². The minimum atomic E-state index is -0.0410. The molecule has 1 fully saturated rings. The second-order valence-corrected chi connectivity index (χ2v) is 7.66. The maximum absolute atomic E-state index is 12.9. The molecule has 0 spiro atoms. The lowest BCUT2D eigenvalue weighted by Crippen LogP contribution is -2.40. The Morgan fingerprint density at radius 2 is 2.07 bits per heavy atom. The van der Waals surface area contributed by atoms with E-state index in [-0.39, 0.29) is 11.8 Å². The first-order chi connectivity index (χ1) is 14.8. The van der Waals surface area contributed by atoms with Gasteiger partial charge >= 0.3 is 0 Å². The molecule has 5 rings (SSSR count). The zero-order chi connectivity index (χ0) is 20.3. The molecule has 4 aromatic rings. The fourth-order valence-electron chi connectivity index (χ4n) is 4.04. The van der Waals surface area contributed by atoms with Crippen LogP contribution in [0.2, 0.25) is 0 Å². The molecular formula is C22H22N6O2. The lowest BCUT2D eigenvalue weighted by Gasteiger charge is -2.32. The Bertz CT molecular complexity index is 1140. The summed E-state index contributed by atoms with van der Waals surface area (Å²) in [5, 5.41) is 17.9. The van der Waals surface area contributed by atoms with Crippen molar-refractivity contribution in [2.75, 3.05) is 18.4 Å². The topological polar surface area (TPSA) is 99.9 Å². The third-order valence-electron chi connectivity index (χ3n) is 5.60. The SMILES string of the molecule is O=C(Nc1ccc(-c2ccn[nH]2)cc1)[C@@H]1CCCN(Cc2cccc3nonc23)C1. The second-order valence-electron chi connectivity index (χ2n) is 7.66. The molecule has 0 bridgehead atoms. The summed E-state index contributed by atoms with van der Waals surface area (Å²) in [7, 11) is 0. The fraction of sp³-hybridized carbons (Fsp3) is 0.273. The smallest absolute Gasteiger partial charge is 0.228 e. The third-order valence-corrected chi connectivity index (χ3v) is 5.60. The van der Waals surface area contributed by atoms with Gasteiger partial charge in [-0.3, -0.25) is 14.8 Å². The van der Waals surface area contributed by atoms with Gasteiger partial charge in [0.2, 0.25) is 5.91 Å². The summed E-state index contributed by atoms with van der Waals surface area (Å²) >= 11 is 0. The van der Waals surface area contributed by atoms with E-state index in [0.29, 0.717) is 0 Å². The summed E-state index contributed by atoms with van der Waals surface area (Å²) in [6.45, 7) is 2.41. The molecule has 2 N–H and O–H groups in total. The van der Waals surface area contributed by atoms with Gasteiger partial charge in [0, 0.05) is 25.0 Å². The van der Waals surface area contributed by atoms with Crippen LogP contribution < -0.4 is 5.32 Å². The van der Waals surface area contributed by atoms with Crippen molar-refractivity contribution in [3.8, 4) is 11.3 Å². The number of benzene rings is 2. The van der Waals surface area contributed by atoms with Crippen LogP contribution in [0.25, 0.3) is 22.3 Å². The predicted octanol–water partition coefficient (Wildman–Crippen LogP) is 3.46. The number of piperidine rings is 1. The summed E-state index contributed by atoms with van der Waals surface area (Å²) < 4.78 is 4.86. The average molecular weight is 402 g/mol. The number of aromatic nitrogens is 4. The average Bonchev–Trinajstić information content (AvgIpc) is 3.47. The predicted molar refractivity (Wildman–Crippen MR) is 112 cm³/mol. The number of likely N-dealkylation sites (tertiary alicyclic amines) is 1. The van der Waals surface area contributed by atoms with Gasteiger partial charge in [-0.2, -0.15) is 5.10 Å². The first-order valence-electron chi connectivity index (χ1n) is 10.1. The molecule has 8 nitrogen and oxygen atoms in total. The van der Waals surface area contributed by atoms with E-state index in [0.717, 1.165) is 66.0 Å². The highest BCUT2D eigenvalue weighted by atomic mass is 16.6. The van der Waals surface area contributed by atoms with Crippen molar-refractivity contribution in [2.24, 2.45) is 5.92 Å². The highest BCUT2D eigenvalue weighted by Crippen LogP contribution is 2.24. The molecule has 3 heterocycles. The first-order valence-corrected chi connectivity index (χ1v) is 10.1. The first kappa shape index (κ1) is 18.5. The molecule has 0 radical (unpaired) electrons. The largest absolute Gasteiger partial charge is 0.326 e. The van der Waals surface area contributed by atoms with Gasteiger partial charge in [-0.25, -0.2) is 4.63 Å². The minimum absolute atomic E-state index is 0.0410. The van der Waals surface area contributed by atoms with E-state index < -0.39 is 0 Å². The molecule has 0 unspecified atom stereocenters. The molecule has 1 aliphatic rings. The molecular weight excluding hydrogens is 380 g/mol. The maximum Gasteiger partial charge on any atom is 0.228 e. The van der Waals surface area contributed by atoms with Crippen LogP contribution >= 0.6 is 0 Å². The Labute approximate surface area is 173 Å². The van der Waals surface area contributed by atoms with Crippen molar-refractivity contribution in [3.63, 3.8) is 0 Å². The van der Waals surface area contributed by atoms with E-state index in [2.05, 4.69) is 30.7 Å². The Kier molecular flexibility index (Phi) is 4.98. The number of aromatic amines is 1.